The quantitative estimate of drug-likeness (QED) is 0.867. The monoisotopic (exact) mass is 373 g/mol. The fourth-order valence-corrected chi connectivity index (χ4v) is 4.10. The molecule has 0 atom stereocenters. The van der Waals surface area contributed by atoms with Crippen molar-refractivity contribution in [2.75, 3.05) is 19.6 Å². The number of carbonyl (C=O) groups is 2. The Balaban J connectivity index is 1.48. The molecule has 1 saturated heterocycles. The minimum absolute atomic E-state index is 0.0182. The summed E-state index contributed by atoms with van der Waals surface area (Å²) in [5.41, 5.74) is -0.218. The summed E-state index contributed by atoms with van der Waals surface area (Å²) in [6, 6.07) is 1.84. The lowest BCUT2D eigenvalue weighted by atomic mass is 9.86. The second kappa shape index (κ2) is 6.83. The van der Waals surface area contributed by atoms with Gasteiger partial charge in [0.25, 0.3) is 5.91 Å². The van der Waals surface area contributed by atoms with Crippen LogP contribution in [-0.4, -0.2) is 51.1 Å². The summed E-state index contributed by atoms with van der Waals surface area (Å²) in [7, 11) is 0. The minimum Gasteiger partial charge on any atom is -0.354 e. The van der Waals surface area contributed by atoms with Gasteiger partial charge < -0.3 is 10.2 Å². The van der Waals surface area contributed by atoms with Crippen molar-refractivity contribution in [3.8, 4) is 0 Å². The Morgan fingerprint density at radius 2 is 2.12 bits per heavy atom. The van der Waals surface area contributed by atoms with Crippen LogP contribution >= 0.6 is 11.3 Å². The van der Waals surface area contributed by atoms with Crippen LogP contribution in [0, 0.1) is 12.8 Å². The van der Waals surface area contributed by atoms with Crippen molar-refractivity contribution in [1.82, 2.24) is 25.0 Å². The molecule has 0 radical (unpaired) electrons. The van der Waals surface area contributed by atoms with E-state index in [-0.39, 0.29) is 11.8 Å². The molecule has 7 nitrogen and oxygen atoms in total. The fraction of sp³-hybridized carbons (Fsp3) is 0.556. The Morgan fingerprint density at radius 3 is 2.69 bits per heavy atom. The van der Waals surface area contributed by atoms with Gasteiger partial charge in [-0.05, 0) is 44.6 Å². The number of nitrogens with one attached hydrogen (secondary N) is 1. The predicted molar refractivity (Wildman–Crippen MR) is 97.9 cm³/mol. The van der Waals surface area contributed by atoms with Crippen molar-refractivity contribution in [3.63, 3.8) is 0 Å². The number of aryl methyl sites for hydroxylation is 1. The highest BCUT2D eigenvalue weighted by Crippen LogP contribution is 2.32. The van der Waals surface area contributed by atoms with Crippen molar-refractivity contribution < 1.29 is 9.59 Å². The zero-order chi connectivity index (χ0) is 18.1. The second-order valence-corrected chi connectivity index (χ2v) is 8.24. The Kier molecular flexibility index (Phi) is 4.52. The van der Waals surface area contributed by atoms with E-state index >= 15 is 0 Å². The molecule has 2 fully saturated rings. The Bertz CT molecular complexity index is 788. The summed E-state index contributed by atoms with van der Waals surface area (Å²) in [6.07, 6.45) is 7.05. The van der Waals surface area contributed by atoms with E-state index < -0.39 is 5.54 Å². The standard InChI is InChI=1S/C18H23N5O2S/c1-13-21-15(12-26-13)16(24)22-9-5-18(6-10-22,23-8-2-7-20-23)17(25)19-11-14-3-4-14/h2,7-8,12,14H,3-6,9-11H2,1H3,(H,19,25). The first-order valence-electron chi connectivity index (χ1n) is 9.08. The zero-order valence-electron chi connectivity index (χ0n) is 14.9. The van der Waals surface area contributed by atoms with Crippen LogP contribution in [0.3, 0.4) is 0 Å². The SMILES string of the molecule is Cc1nc(C(=O)N2CCC(C(=O)NCC3CC3)(n3cccn3)CC2)cs1. The Labute approximate surface area is 156 Å². The van der Waals surface area contributed by atoms with Crippen molar-refractivity contribution in [3.05, 3.63) is 34.5 Å². The number of thiazole rings is 1. The molecular weight excluding hydrogens is 350 g/mol. The summed E-state index contributed by atoms with van der Waals surface area (Å²) < 4.78 is 1.77. The number of nitrogens with zero attached hydrogens (tertiary/aromatic N) is 4. The van der Waals surface area contributed by atoms with E-state index in [1.807, 2.05) is 19.2 Å². The Morgan fingerprint density at radius 1 is 1.35 bits per heavy atom. The minimum atomic E-state index is -0.715. The van der Waals surface area contributed by atoms with Crippen LogP contribution in [0.5, 0.6) is 0 Å². The molecule has 1 saturated carbocycles. The molecular formula is C18H23N5O2S. The number of rotatable bonds is 5. The van der Waals surface area contributed by atoms with E-state index in [1.54, 1.807) is 21.2 Å². The van der Waals surface area contributed by atoms with Crippen LogP contribution in [0.2, 0.25) is 0 Å². The molecule has 1 aliphatic heterocycles. The van der Waals surface area contributed by atoms with Crippen LogP contribution in [0.1, 0.15) is 41.2 Å². The summed E-state index contributed by atoms with van der Waals surface area (Å²) >= 11 is 1.48. The van der Waals surface area contributed by atoms with Crippen LogP contribution in [0.15, 0.2) is 23.8 Å². The van der Waals surface area contributed by atoms with E-state index in [0.29, 0.717) is 37.5 Å². The van der Waals surface area contributed by atoms with Crippen LogP contribution < -0.4 is 5.32 Å². The average molecular weight is 373 g/mol. The maximum atomic E-state index is 13.0. The summed E-state index contributed by atoms with van der Waals surface area (Å²) in [5, 5.41) is 10.1. The van der Waals surface area contributed by atoms with Crippen molar-refractivity contribution >= 4 is 23.2 Å². The maximum absolute atomic E-state index is 13.0. The van der Waals surface area contributed by atoms with Gasteiger partial charge in [-0.15, -0.1) is 11.3 Å². The first-order valence-corrected chi connectivity index (χ1v) is 9.96. The highest BCUT2D eigenvalue weighted by atomic mass is 32.1. The largest absolute Gasteiger partial charge is 0.354 e. The van der Waals surface area contributed by atoms with Gasteiger partial charge >= 0.3 is 0 Å². The molecule has 0 bridgehead atoms. The number of likely N-dealkylation sites (tertiary alicyclic amines) is 1. The first kappa shape index (κ1) is 17.2. The number of carbonyl (C=O) groups excluding carboxylic acids is 2. The van der Waals surface area contributed by atoms with E-state index in [4.69, 9.17) is 0 Å². The summed E-state index contributed by atoms with van der Waals surface area (Å²) in [6.45, 7) is 3.67. The molecule has 3 heterocycles. The van der Waals surface area contributed by atoms with E-state index in [2.05, 4.69) is 15.4 Å². The molecule has 4 rings (SSSR count). The number of hydrogen-bond acceptors (Lipinski definition) is 5. The number of amides is 2. The fourth-order valence-electron chi connectivity index (χ4n) is 3.51. The molecule has 138 valence electrons. The van der Waals surface area contributed by atoms with Gasteiger partial charge in [-0.25, -0.2) is 4.98 Å². The molecule has 2 aromatic heterocycles. The molecule has 2 aromatic rings. The molecule has 0 unspecified atom stereocenters. The molecule has 26 heavy (non-hydrogen) atoms. The number of aromatic nitrogens is 3. The van der Waals surface area contributed by atoms with Gasteiger partial charge in [0.1, 0.15) is 11.2 Å². The number of hydrogen-bond donors (Lipinski definition) is 1. The third-order valence-electron chi connectivity index (χ3n) is 5.33. The van der Waals surface area contributed by atoms with E-state index in [9.17, 15) is 9.59 Å². The zero-order valence-corrected chi connectivity index (χ0v) is 15.7. The molecule has 2 aliphatic rings. The van der Waals surface area contributed by atoms with Gasteiger partial charge in [0.05, 0.1) is 5.01 Å². The van der Waals surface area contributed by atoms with Gasteiger partial charge in [0.15, 0.2) is 0 Å². The average Bonchev–Trinajstić information content (AvgIpc) is 3.12. The third-order valence-corrected chi connectivity index (χ3v) is 6.10. The molecule has 1 N–H and O–H groups in total. The van der Waals surface area contributed by atoms with Crippen LogP contribution in [-0.2, 0) is 10.3 Å². The normalized spacial score (nSPS) is 19.3. The Hall–Kier alpha value is -2.22. The maximum Gasteiger partial charge on any atom is 0.273 e. The van der Waals surface area contributed by atoms with Gasteiger partial charge in [0, 0.05) is 37.4 Å². The summed E-state index contributed by atoms with van der Waals surface area (Å²) in [5.74, 6) is 0.592. The molecule has 0 aromatic carbocycles. The predicted octanol–water partition coefficient (Wildman–Crippen LogP) is 1.81. The highest BCUT2D eigenvalue weighted by Gasteiger charge is 2.45. The van der Waals surface area contributed by atoms with Crippen molar-refractivity contribution in [2.24, 2.45) is 5.92 Å². The van der Waals surface area contributed by atoms with Gasteiger partial charge in [-0.3, -0.25) is 14.3 Å². The smallest absolute Gasteiger partial charge is 0.273 e. The van der Waals surface area contributed by atoms with Gasteiger partial charge in [-0.2, -0.15) is 5.10 Å². The van der Waals surface area contributed by atoms with Crippen LogP contribution in [0.4, 0.5) is 0 Å². The lowest BCUT2D eigenvalue weighted by molar-refractivity contribution is -0.133. The molecule has 8 heteroatoms. The van der Waals surface area contributed by atoms with E-state index in [0.717, 1.165) is 11.6 Å². The molecule has 1 aliphatic carbocycles. The van der Waals surface area contributed by atoms with Crippen molar-refractivity contribution in [1.29, 1.82) is 0 Å². The van der Waals surface area contributed by atoms with Gasteiger partial charge in [-0.1, -0.05) is 0 Å². The summed E-state index contributed by atoms with van der Waals surface area (Å²) in [4.78, 5) is 31.8. The third kappa shape index (κ3) is 3.25. The second-order valence-electron chi connectivity index (χ2n) is 7.18. The lowest BCUT2D eigenvalue weighted by Gasteiger charge is -2.40. The van der Waals surface area contributed by atoms with Gasteiger partial charge in [0.2, 0.25) is 5.91 Å². The molecule has 2 amide bonds. The topological polar surface area (TPSA) is 80.1 Å². The highest BCUT2D eigenvalue weighted by molar-refractivity contribution is 7.09. The van der Waals surface area contributed by atoms with E-state index in [1.165, 1.54) is 24.2 Å². The van der Waals surface area contributed by atoms with Crippen LogP contribution in [0.25, 0.3) is 0 Å². The lowest BCUT2D eigenvalue weighted by Crippen LogP contribution is -2.56. The first-order chi connectivity index (χ1) is 12.6. The molecule has 0 spiro atoms. The number of piperidine rings is 1. The van der Waals surface area contributed by atoms with Crippen molar-refractivity contribution in [2.45, 2.75) is 38.1 Å².